The highest BCUT2D eigenvalue weighted by Crippen LogP contribution is 2.47. The Morgan fingerprint density at radius 1 is 1.34 bits per heavy atom. The number of nitro groups is 1. The van der Waals surface area contributed by atoms with Crippen molar-refractivity contribution in [1.82, 2.24) is 19.4 Å². The Kier molecular flexibility index (Phi) is 8.94. The number of hydrogen-bond acceptors (Lipinski definition) is 12. The zero-order valence-corrected chi connectivity index (χ0v) is 23.3. The van der Waals surface area contributed by atoms with Crippen LogP contribution in [-0.4, -0.2) is 93.5 Å². The van der Waals surface area contributed by atoms with E-state index < -0.39 is 40.9 Å². The Bertz CT molecular complexity index is 1250. The Labute approximate surface area is 223 Å². The van der Waals surface area contributed by atoms with Crippen molar-refractivity contribution >= 4 is 52.6 Å². The van der Waals surface area contributed by atoms with Crippen molar-refractivity contribution < 1.29 is 33.5 Å². The lowest BCUT2D eigenvalue weighted by Gasteiger charge is -2.35. The smallest absolute Gasteiger partial charge is 0.303 e. The number of esters is 2. The molecule has 1 aliphatic rings. The number of ether oxygens (including phenoxy) is 4. The van der Waals surface area contributed by atoms with Crippen molar-refractivity contribution in [3.05, 3.63) is 16.3 Å². The van der Waals surface area contributed by atoms with Crippen LogP contribution in [0.25, 0.3) is 11.0 Å². The van der Waals surface area contributed by atoms with Crippen molar-refractivity contribution in [2.45, 2.75) is 69.9 Å². The van der Waals surface area contributed by atoms with Gasteiger partial charge in [0.25, 0.3) is 5.69 Å². The van der Waals surface area contributed by atoms with E-state index in [1.54, 1.807) is 46.0 Å². The normalized spacial score (nSPS) is 23.3. The topological polar surface area (TPSA) is 161 Å². The summed E-state index contributed by atoms with van der Waals surface area (Å²) in [6.07, 6.45) is 1.29. The molecule has 14 nitrogen and oxygen atoms in total. The van der Waals surface area contributed by atoms with E-state index >= 15 is 0 Å². The predicted molar refractivity (Wildman–Crippen MR) is 139 cm³/mol. The second-order valence-electron chi connectivity index (χ2n) is 9.33. The third-order valence-electron chi connectivity index (χ3n) is 5.59. The fraction of sp³-hybridized carbons (Fsp3) is 0.609. The minimum absolute atomic E-state index is 0.0874. The largest absolute Gasteiger partial charge is 0.463 e. The van der Waals surface area contributed by atoms with E-state index in [9.17, 15) is 19.7 Å². The van der Waals surface area contributed by atoms with Gasteiger partial charge in [0.2, 0.25) is 0 Å². The van der Waals surface area contributed by atoms with Gasteiger partial charge >= 0.3 is 11.9 Å². The van der Waals surface area contributed by atoms with E-state index in [-0.39, 0.29) is 35.2 Å². The summed E-state index contributed by atoms with van der Waals surface area (Å²) in [6.45, 7) is 7.52. The Morgan fingerprint density at radius 2 is 2.03 bits per heavy atom. The fourth-order valence-corrected chi connectivity index (χ4v) is 4.60. The van der Waals surface area contributed by atoms with Gasteiger partial charge in [0.1, 0.15) is 24.2 Å². The van der Waals surface area contributed by atoms with Crippen molar-refractivity contribution in [2.75, 3.05) is 27.0 Å². The van der Waals surface area contributed by atoms with Crippen LogP contribution in [0, 0.1) is 10.1 Å². The first-order valence-corrected chi connectivity index (χ1v) is 13.0. The molecule has 38 heavy (non-hydrogen) atoms. The number of aliphatic imine (C=N–C) groups is 1. The molecule has 0 bridgehead atoms. The third kappa shape index (κ3) is 6.05. The van der Waals surface area contributed by atoms with Crippen LogP contribution in [0.5, 0.6) is 0 Å². The predicted octanol–water partition coefficient (Wildman–Crippen LogP) is 2.86. The lowest BCUT2D eigenvalue weighted by Crippen LogP contribution is -2.50. The molecule has 0 radical (unpaired) electrons. The molecular formula is C23H32N6O8S. The summed E-state index contributed by atoms with van der Waals surface area (Å²) in [6, 6.07) is 0. The summed E-state index contributed by atoms with van der Waals surface area (Å²) in [5.41, 5.74) is -1.64. The van der Waals surface area contributed by atoms with E-state index in [2.05, 4.69) is 15.0 Å². The van der Waals surface area contributed by atoms with Crippen molar-refractivity contribution in [1.29, 1.82) is 0 Å². The van der Waals surface area contributed by atoms with Gasteiger partial charge < -0.3 is 23.8 Å². The Balaban J connectivity index is 2.30. The molecule has 0 N–H and O–H groups in total. The summed E-state index contributed by atoms with van der Waals surface area (Å²) in [7, 11) is 3.51. The van der Waals surface area contributed by atoms with Crippen LogP contribution in [0.2, 0.25) is 0 Å². The van der Waals surface area contributed by atoms with Crippen LogP contribution in [0.15, 0.2) is 16.3 Å². The number of rotatable bonds is 10. The molecule has 2 aromatic rings. The van der Waals surface area contributed by atoms with Gasteiger partial charge in [-0.15, -0.1) is 0 Å². The number of nitrogens with zero attached hydrogens (tertiary/aromatic N) is 6. The molecule has 1 aliphatic heterocycles. The quantitative estimate of drug-likeness (QED) is 0.0807. The zero-order chi connectivity index (χ0) is 28.4. The number of thioether (sulfide) groups is 1. The fourth-order valence-electron chi connectivity index (χ4n) is 4.25. The lowest BCUT2D eigenvalue weighted by molar-refractivity contribution is -0.383. The number of aromatic nitrogens is 3. The average molecular weight is 553 g/mol. The average Bonchev–Trinajstić information content (AvgIpc) is 3.31. The Morgan fingerprint density at radius 3 is 2.55 bits per heavy atom. The first-order valence-electron chi connectivity index (χ1n) is 11.7. The summed E-state index contributed by atoms with van der Waals surface area (Å²) >= 11 is 1.23. The molecule has 0 amide bonds. The van der Waals surface area contributed by atoms with Crippen molar-refractivity contribution in [3.63, 3.8) is 0 Å². The standard InChI is InChI=1S/C23H32N6O8S/c1-12(2)35-18-16(10-34-13(3)30)36-21(23(18,5)37-14(4)31)28-9-15(29(32)33)17-19(24-11-27(6)7)25-22(38-8)26-20(17)28/h9,11-12,16,18,21H,10H2,1-8H3/t16-,18-,21?,23-/m1/s1. The maximum atomic E-state index is 12.3. The van der Waals surface area contributed by atoms with Gasteiger partial charge in [0, 0.05) is 27.9 Å². The highest BCUT2D eigenvalue weighted by molar-refractivity contribution is 7.98. The highest BCUT2D eigenvalue weighted by atomic mass is 32.2. The van der Waals surface area contributed by atoms with E-state index in [4.69, 9.17) is 18.9 Å². The van der Waals surface area contributed by atoms with Gasteiger partial charge in [-0.25, -0.2) is 15.0 Å². The zero-order valence-electron chi connectivity index (χ0n) is 22.5. The number of carbonyl (C=O) groups excluding carboxylic acids is 2. The molecule has 2 aromatic heterocycles. The highest BCUT2D eigenvalue weighted by Gasteiger charge is 2.59. The molecule has 0 saturated carbocycles. The molecule has 1 fully saturated rings. The first kappa shape index (κ1) is 29.3. The van der Waals surface area contributed by atoms with Crippen LogP contribution in [0.1, 0.15) is 40.8 Å². The van der Waals surface area contributed by atoms with E-state index in [1.165, 1.54) is 42.7 Å². The maximum Gasteiger partial charge on any atom is 0.303 e. The van der Waals surface area contributed by atoms with Gasteiger partial charge in [-0.1, -0.05) is 11.8 Å². The molecule has 4 atom stereocenters. The van der Waals surface area contributed by atoms with Crippen LogP contribution < -0.4 is 0 Å². The van der Waals surface area contributed by atoms with E-state index in [0.29, 0.717) is 5.16 Å². The van der Waals surface area contributed by atoms with Gasteiger partial charge in [0.05, 0.1) is 23.6 Å². The second kappa shape index (κ2) is 11.6. The third-order valence-corrected chi connectivity index (χ3v) is 6.13. The van der Waals surface area contributed by atoms with Crippen molar-refractivity contribution in [3.8, 4) is 0 Å². The second-order valence-corrected chi connectivity index (χ2v) is 10.1. The van der Waals surface area contributed by atoms with Crippen molar-refractivity contribution in [2.24, 2.45) is 4.99 Å². The maximum absolute atomic E-state index is 12.3. The Hall–Kier alpha value is -3.30. The van der Waals surface area contributed by atoms with E-state index in [0.717, 1.165) is 0 Å². The molecule has 0 aromatic carbocycles. The summed E-state index contributed by atoms with van der Waals surface area (Å²) in [5.74, 6) is -1.05. The SMILES string of the molecule is CSc1nc(N=CN(C)C)c2c([N+](=O)[O-])cn(C3O[C@H](COC(C)=O)[C@@H](OC(C)C)[C@@]3(C)OC(C)=O)c2n1. The van der Waals surface area contributed by atoms with Crippen LogP contribution in [0.4, 0.5) is 11.5 Å². The molecular weight excluding hydrogens is 520 g/mol. The monoisotopic (exact) mass is 552 g/mol. The molecule has 208 valence electrons. The summed E-state index contributed by atoms with van der Waals surface area (Å²) in [4.78, 5) is 50.3. The van der Waals surface area contributed by atoms with Crippen LogP contribution >= 0.6 is 11.8 Å². The first-order chi connectivity index (χ1) is 17.8. The molecule has 15 heteroatoms. The van der Waals surface area contributed by atoms with Gasteiger partial charge in [0.15, 0.2) is 28.5 Å². The summed E-state index contributed by atoms with van der Waals surface area (Å²) in [5, 5.41) is 12.5. The van der Waals surface area contributed by atoms with Gasteiger partial charge in [-0.05, 0) is 27.0 Å². The summed E-state index contributed by atoms with van der Waals surface area (Å²) < 4.78 is 24.8. The number of carbonyl (C=O) groups is 2. The number of fused-ring (bicyclic) bond motifs is 1. The van der Waals surface area contributed by atoms with Crippen LogP contribution in [0.3, 0.4) is 0 Å². The van der Waals surface area contributed by atoms with Gasteiger partial charge in [-0.3, -0.25) is 24.3 Å². The number of hydrogen-bond donors (Lipinski definition) is 0. The molecule has 1 saturated heterocycles. The minimum Gasteiger partial charge on any atom is -0.463 e. The minimum atomic E-state index is -1.49. The van der Waals surface area contributed by atoms with E-state index in [1.807, 2.05) is 0 Å². The molecule has 3 rings (SSSR count). The molecule has 3 heterocycles. The molecule has 0 aliphatic carbocycles. The van der Waals surface area contributed by atoms with Crippen LogP contribution in [-0.2, 0) is 28.5 Å². The van der Waals surface area contributed by atoms with Gasteiger partial charge in [-0.2, -0.15) is 0 Å². The molecule has 0 spiro atoms. The molecule has 1 unspecified atom stereocenters. The lowest BCUT2D eigenvalue weighted by atomic mass is 9.95.